The van der Waals surface area contributed by atoms with Crippen molar-refractivity contribution in [3.8, 4) is 11.5 Å². The van der Waals surface area contributed by atoms with Crippen LogP contribution in [-0.4, -0.2) is 4.92 Å². The van der Waals surface area contributed by atoms with E-state index >= 15 is 0 Å². The minimum Gasteiger partial charge on any atom is -0.456 e. The molecular weight excluding hydrogens is 312 g/mol. The predicted molar refractivity (Wildman–Crippen MR) is 74.6 cm³/mol. The molecule has 2 aromatic rings. The molecule has 0 aliphatic heterocycles. The summed E-state index contributed by atoms with van der Waals surface area (Å²) in [7, 11) is 0. The highest BCUT2D eigenvalue weighted by atomic mass is 35.5. The Morgan fingerprint density at radius 2 is 1.53 bits per heavy atom. The van der Waals surface area contributed by atoms with E-state index in [2.05, 4.69) is 0 Å². The zero-order chi connectivity index (χ0) is 14.0. The van der Waals surface area contributed by atoms with Gasteiger partial charge in [-0.05, 0) is 18.2 Å². The third kappa shape index (κ3) is 3.29. The quantitative estimate of drug-likeness (QED) is 0.435. The standard InChI is InChI=1S/C12H6Cl3NO3/c13-9-5-11(15)12(6-10(9)14)19-8-3-1-7(2-4-8)16(17)18/h1-6H. The fourth-order valence-electron chi connectivity index (χ4n) is 1.35. The van der Waals surface area contributed by atoms with E-state index in [4.69, 9.17) is 39.5 Å². The monoisotopic (exact) mass is 317 g/mol. The van der Waals surface area contributed by atoms with E-state index in [1.165, 1.54) is 36.4 Å². The lowest BCUT2D eigenvalue weighted by molar-refractivity contribution is -0.384. The summed E-state index contributed by atoms with van der Waals surface area (Å²) in [5, 5.41) is 11.4. The molecule has 4 nitrogen and oxygen atoms in total. The molecular formula is C12H6Cl3NO3. The minimum absolute atomic E-state index is 0.0208. The van der Waals surface area contributed by atoms with Crippen LogP contribution in [0, 0.1) is 10.1 Å². The second kappa shape index (κ2) is 5.65. The van der Waals surface area contributed by atoms with Gasteiger partial charge in [0, 0.05) is 18.2 Å². The molecule has 2 rings (SSSR count). The summed E-state index contributed by atoms with van der Waals surface area (Å²) in [4.78, 5) is 10.0. The number of halogens is 3. The van der Waals surface area contributed by atoms with Gasteiger partial charge in [0.1, 0.15) is 11.5 Å². The van der Waals surface area contributed by atoms with Crippen LogP contribution in [0.2, 0.25) is 15.1 Å². The van der Waals surface area contributed by atoms with Crippen LogP contribution in [-0.2, 0) is 0 Å². The highest BCUT2D eigenvalue weighted by molar-refractivity contribution is 6.43. The molecule has 98 valence electrons. The summed E-state index contributed by atoms with van der Waals surface area (Å²) in [5.74, 6) is 0.732. The number of hydrogen-bond acceptors (Lipinski definition) is 3. The summed E-state index contributed by atoms with van der Waals surface area (Å²) in [6, 6.07) is 8.55. The second-order valence-corrected chi connectivity index (χ2v) is 4.77. The molecule has 0 N–H and O–H groups in total. The normalized spacial score (nSPS) is 10.3. The van der Waals surface area contributed by atoms with Gasteiger partial charge < -0.3 is 4.74 Å². The molecule has 0 radical (unpaired) electrons. The maximum absolute atomic E-state index is 10.5. The summed E-state index contributed by atoms with van der Waals surface area (Å²) in [6.07, 6.45) is 0. The van der Waals surface area contributed by atoms with Crippen molar-refractivity contribution >= 4 is 40.5 Å². The topological polar surface area (TPSA) is 52.4 Å². The van der Waals surface area contributed by atoms with E-state index in [-0.39, 0.29) is 5.69 Å². The minimum atomic E-state index is -0.490. The van der Waals surface area contributed by atoms with E-state index in [0.29, 0.717) is 26.6 Å². The maximum atomic E-state index is 10.5. The van der Waals surface area contributed by atoms with Gasteiger partial charge in [0.2, 0.25) is 0 Å². The maximum Gasteiger partial charge on any atom is 0.269 e. The van der Waals surface area contributed by atoms with Crippen molar-refractivity contribution in [2.75, 3.05) is 0 Å². The van der Waals surface area contributed by atoms with Gasteiger partial charge in [-0.2, -0.15) is 0 Å². The van der Waals surface area contributed by atoms with Crippen molar-refractivity contribution in [1.29, 1.82) is 0 Å². The number of nitro benzene ring substituents is 1. The van der Waals surface area contributed by atoms with Crippen molar-refractivity contribution in [2.24, 2.45) is 0 Å². The molecule has 7 heteroatoms. The van der Waals surface area contributed by atoms with Gasteiger partial charge in [0.05, 0.1) is 20.0 Å². The van der Waals surface area contributed by atoms with Crippen LogP contribution in [0.5, 0.6) is 11.5 Å². The lowest BCUT2D eigenvalue weighted by Crippen LogP contribution is -1.89. The largest absolute Gasteiger partial charge is 0.456 e. The SMILES string of the molecule is O=[N+]([O-])c1ccc(Oc2cc(Cl)c(Cl)cc2Cl)cc1. The van der Waals surface area contributed by atoms with Crippen LogP contribution in [0.3, 0.4) is 0 Å². The second-order valence-electron chi connectivity index (χ2n) is 3.55. The molecule has 0 aliphatic carbocycles. The van der Waals surface area contributed by atoms with Crippen LogP contribution in [0.4, 0.5) is 5.69 Å². The van der Waals surface area contributed by atoms with Gasteiger partial charge in [-0.1, -0.05) is 34.8 Å². The van der Waals surface area contributed by atoms with E-state index < -0.39 is 4.92 Å². The number of benzene rings is 2. The number of ether oxygens (including phenoxy) is 1. The van der Waals surface area contributed by atoms with Crippen LogP contribution in [0.25, 0.3) is 0 Å². The number of nitrogens with zero attached hydrogens (tertiary/aromatic N) is 1. The molecule has 0 aromatic heterocycles. The first-order chi connectivity index (χ1) is 8.97. The Bertz CT molecular complexity index is 629. The smallest absolute Gasteiger partial charge is 0.269 e. The van der Waals surface area contributed by atoms with E-state index in [0.717, 1.165) is 0 Å². The molecule has 0 saturated heterocycles. The van der Waals surface area contributed by atoms with Crippen molar-refractivity contribution in [3.63, 3.8) is 0 Å². The molecule has 0 heterocycles. The average molecular weight is 319 g/mol. The Balaban J connectivity index is 2.26. The predicted octanol–water partition coefficient (Wildman–Crippen LogP) is 5.35. The van der Waals surface area contributed by atoms with Gasteiger partial charge in [-0.25, -0.2) is 0 Å². The Morgan fingerprint density at radius 1 is 0.947 bits per heavy atom. The summed E-state index contributed by atoms with van der Waals surface area (Å²) in [6.45, 7) is 0. The van der Waals surface area contributed by atoms with Crippen molar-refractivity contribution < 1.29 is 9.66 Å². The van der Waals surface area contributed by atoms with E-state index in [9.17, 15) is 10.1 Å². The average Bonchev–Trinajstić information content (AvgIpc) is 2.36. The van der Waals surface area contributed by atoms with Gasteiger partial charge in [0.15, 0.2) is 0 Å². The number of nitro groups is 1. The van der Waals surface area contributed by atoms with Crippen LogP contribution < -0.4 is 4.74 Å². The summed E-state index contributed by atoms with van der Waals surface area (Å²) in [5.41, 5.74) is -0.0208. The summed E-state index contributed by atoms with van der Waals surface area (Å²) < 4.78 is 5.48. The fraction of sp³-hybridized carbons (Fsp3) is 0. The number of hydrogen-bond donors (Lipinski definition) is 0. The lowest BCUT2D eigenvalue weighted by Gasteiger charge is -2.08. The first-order valence-corrected chi connectivity index (χ1v) is 6.17. The fourth-order valence-corrected chi connectivity index (χ4v) is 1.92. The lowest BCUT2D eigenvalue weighted by atomic mass is 10.3. The zero-order valence-corrected chi connectivity index (χ0v) is 11.5. The molecule has 0 aliphatic rings. The van der Waals surface area contributed by atoms with Gasteiger partial charge in [-0.15, -0.1) is 0 Å². The molecule has 0 fully saturated rings. The first kappa shape index (κ1) is 13.9. The molecule has 0 bridgehead atoms. The van der Waals surface area contributed by atoms with Crippen molar-refractivity contribution in [2.45, 2.75) is 0 Å². The molecule has 19 heavy (non-hydrogen) atoms. The Kier molecular flexibility index (Phi) is 4.14. The van der Waals surface area contributed by atoms with Gasteiger partial charge >= 0.3 is 0 Å². The van der Waals surface area contributed by atoms with Crippen LogP contribution in [0.1, 0.15) is 0 Å². The third-order valence-corrected chi connectivity index (χ3v) is 3.27. The van der Waals surface area contributed by atoms with E-state index in [1.54, 1.807) is 0 Å². The molecule has 0 unspecified atom stereocenters. The number of rotatable bonds is 3. The Morgan fingerprint density at radius 3 is 2.11 bits per heavy atom. The Labute approximate surface area is 123 Å². The molecule has 2 aromatic carbocycles. The van der Waals surface area contributed by atoms with Gasteiger partial charge in [0.25, 0.3) is 5.69 Å². The molecule has 0 saturated carbocycles. The zero-order valence-electron chi connectivity index (χ0n) is 9.27. The number of non-ortho nitro benzene ring substituents is 1. The van der Waals surface area contributed by atoms with E-state index in [1.807, 2.05) is 0 Å². The Hall–Kier alpha value is -1.49. The first-order valence-electron chi connectivity index (χ1n) is 5.04. The highest BCUT2D eigenvalue weighted by Gasteiger charge is 2.09. The molecule has 0 amide bonds. The molecule has 0 atom stereocenters. The van der Waals surface area contributed by atoms with Gasteiger partial charge in [-0.3, -0.25) is 10.1 Å². The van der Waals surface area contributed by atoms with Crippen molar-refractivity contribution in [3.05, 3.63) is 61.6 Å². The highest BCUT2D eigenvalue weighted by Crippen LogP contribution is 2.36. The van der Waals surface area contributed by atoms with Crippen LogP contribution >= 0.6 is 34.8 Å². The van der Waals surface area contributed by atoms with Crippen molar-refractivity contribution in [1.82, 2.24) is 0 Å². The molecule has 0 spiro atoms. The third-order valence-electron chi connectivity index (χ3n) is 2.25. The van der Waals surface area contributed by atoms with Crippen LogP contribution in [0.15, 0.2) is 36.4 Å². The summed E-state index contributed by atoms with van der Waals surface area (Å²) >= 11 is 17.6.